The second-order valence-corrected chi connectivity index (χ2v) is 6.16. The van der Waals surface area contributed by atoms with Gasteiger partial charge in [0.05, 0.1) is 11.6 Å². The second-order valence-electron chi connectivity index (χ2n) is 4.76. The fourth-order valence-corrected chi connectivity index (χ4v) is 2.88. The van der Waals surface area contributed by atoms with Crippen LogP contribution in [0.1, 0.15) is 18.4 Å². The summed E-state index contributed by atoms with van der Waals surface area (Å²) in [5.41, 5.74) is 0.507. The van der Waals surface area contributed by atoms with Gasteiger partial charge in [0, 0.05) is 6.92 Å². The fourth-order valence-electron chi connectivity index (χ4n) is 1.89. The lowest BCUT2D eigenvalue weighted by molar-refractivity contribution is -0.131. The molecular weight excluding hydrogens is 380 g/mol. The number of ether oxygens (including phenoxy) is 2. The van der Waals surface area contributed by atoms with Crippen LogP contribution >= 0.6 is 23.4 Å². The molecule has 0 fully saturated rings. The minimum absolute atomic E-state index is 0.0236. The first-order valence-electron chi connectivity index (χ1n) is 7.40. The van der Waals surface area contributed by atoms with E-state index in [4.69, 9.17) is 31.9 Å². The van der Waals surface area contributed by atoms with Crippen LogP contribution in [0.15, 0.2) is 26.7 Å². The van der Waals surface area contributed by atoms with E-state index in [1.165, 1.54) is 6.08 Å². The van der Waals surface area contributed by atoms with Crippen molar-refractivity contribution in [2.45, 2.75) is 19.1 Å². The van der Waals surface area contributed by atoms with E-state index in [1.54, 1.807) is 26.0 Å². The smallest absolute Gasteiger partial charge is 0.342 e. The maximum atomic E-state index is 11.5. The molecule has 0 aliphatic carbocycles. The highest BCUT2D eigenvalue weighted by molar-refractivity contribution is 8.03. The third-order valence-electron chi connectivity index (χ3n) is 2.84. The zero-order valence-electron chi connectivity index (χ0n) is 14.0. The molecule has 0 amide bonds. The van der Waals surface area contributed by atoms with E-state index in [2.05, 4.69) is 16.1 Å². The van der Waals surface area contributed by atoms with Gasteiger partial charge in [-0.05, 0) is 42.5 Å². The highest BCUT2D eigenvalue weighted by Gasteiger charge is 2.17. The molecule has 0 radical (unpaired) electrons. The van der Waals surface area contributed by atoms with Gasteiger partial charge >= 0.3 is 5.97 Å². The van der Waals surface area contributed by atoms with Gasteiger partial charge in [0.15, 0.2) is 11.5 Å². The van der Waals surface area contributed by atoms with Crippen LogP contribution in [0.5, 0.6) is 11.5 Å². The maximum absolute atomic E-state index is 11.5. The zero-order valence-corrected chi connectivity index (χ0v) is 15.6. The van der Waals surface area contributed by atoms with Crippen LogP contribution in [-0.2, 0) is 4.79 Å². The molecule has 0 aliphatic rings. The monoisotopic (exact) mass is 394 g/mol. The van der Waals surface area contributed by atoms with Crippen LogP contribution < -0.4 is 9.47 Å². The average Bonchev–Trinajstić information content (AvgIpc) is 2.99. The average molecular weight is 395 g/mol. The Morgan fingerprint density at radius 2 is 2.23 bits per heavy atom. The van der Waals surface area contributed by atoms with Gasteiger partial charge in [-0.1, -0.05) is 17.5 Å². The minimum atomic E-state index is -1.15. The van der Waals surface area contributed by atoms with Gasteiger partial charge in [0.2, 0.25) is 5.89 Å². The SMILES string of the molecule is C#CCOc1c(Cl)cc(/C=C(/Sc2nnc(C)o2)C(=O)O)cc1OCC. The number of carboxylic acid groups (broad SMARTS) is 1. The van der Waals surface area contributed by atoms with E-state index in [1.807, 2.05) is 0 Å². The molecular formula is C17H15ClN2O5S. The third kappa shape index (κ3) is 5.18. The molecule has 2 rings (SSSR count). The van der Waals surface area contributed by atoms with E-state index in [9.17, 15) is 9.90 Å². The van der Waals surface area contributed by atoms with Crippen molar-refractivity contribution in [2.75, 3.05) is 13.2 Å². The molecule has 1 N–H and O–H groups in total. The summed E-state index contributed by atoms with van der Waals surface area (Å²) in [7, 11) is 0. The number of aryl methyl sites for hydroxylation is 1. The molecule has 0 unspecified atom stereocenters. The second kappa shape index (κ2) is 9.17. The highest BCUT2D eigenvalue weighted by atomic mass is 35.5. The van der Waals surface area contributed by atoms with Crippen LogP contribution in [0.4, 0.5) is 0 Å². The standard InChI is InChI=1S/C17H15ClN2O5S/c1-4-6-24-15-12(18)7-11(8-13(15)23-5-2)9-14(16(21)22)26-17-20-19-10(3)25-17/h1,7-9H,5-6H2,2-3H3,(H,21,22)/b14-9+. The fraction of sp³-hybridized carbons (Fsp3) is 0.235. The quantitative estimate of drug-likeness (QED) is 0.411. The number of carboxylic acids is 1. The van der Waals surface area contributed by atoms with E-state index in [0.29, 0.717) is 29.6 Å². The first-order valence-corrected chi connectivity index (χ1v) is 8.59. The molecule has 26 heavy (non-hydrogen) atoms. The number of nitrogens with zero attached hydrogens (tertiary/aromatic N) is 2. The predicted octanol–water partition coefficient (Wildman–Crippen LogP) is 3.66. The van der Waals surface area contributed by atoms with Crippen molar-refractivity contribution in [3.8, 4) is 23.8 Å². The first kappa shape index (κ1) is 19.7. The van der Waals surface area contributed by atoms with Crippen molar-refractivity contribution in [1.29, 1.82) is 0 Å². The number of aromatic nitrogens is 2. The van der Waals surface area contributed by atoms with Crippen molar-refractivity contribution >= 4 is 35.4 Å². The van der Waals surface area contributed by atoms with E-state index in [-0.39, 0.29) is 21.8 Å². The van der Waals surface area contributed by atoms with Gasteiger partial charge < -0.3 is 19.0 Å². The highest BCUT2D eigenvalue weighted by Crippen LogP contribution is 2.38. The molecule has 0 spiro atoms. The molecule has 1 aromatic heterocycles. The number of benzene rings is 1. The molecule has 0 saturated carbocycles. The largest absolute Gasteiger partial charge is 0.490 e. The number of halogens is 1. The summed E-state index contributed by atoms with van der Waals surface area (Å²) in [6, 6.07) is 3.17. The van der Waals surface area contributed by atoms with Gasteiger partial charge in [-0.3, -0.25) is 0 Å². The molecule has 1 aromatic carbocycles. The normalized spacial score (nSPS) is 11.1. The lowest BCUT2D eigenvalue weighted by atomic mass is 10.2. The van der Waals surface area contributed by atoms with Crippen LogP contribution in [0.2, 0.25) is 5.02 Å². The first-order chi connectivity index (χ1) is 12.4. The van der Waals surface area contributed by atoms with E-state index < -0.39 is 5.97 Å². The summed E-state index contributed by atoms with van der Waals surface area (Å²) >= 11 is 7.07. The van der Waals surface area contributed by atoms with Crippen LogP contribution in [0.3, 0.4) is 0 Å². The lowest BCUT2D eigenvalue weighted by Gasteiger charge is -2.13. The molecule has 0 saturated heterocycles. The van der Waals surface area contributed by atoms with E-state index >= 15 is 0 Å². The number of hydrogen-bond acceptors (Lipinski definition) is 7. The molecule has 9 heteroatoms. The Bertz CT molecular complexity index is 873. The predicted molar refractivity (Wildman–Crippen MR) is 97.5 cm³/mol. The van der Waals surface area contributed by atoms with Gasteiger partial charge in [0.1, 0.15) is 11.5 Å². The van der Waals surface area contributed by atoms with Gasteiger partial charge in [-0.15, -0.1) is 16.6 Å². The van der Waals surface area contributed by atoms with Gasteiger partial charge in [0.25, 0.3) is 5.22 Å². The number of rotatable bonds is 8. The van der Waals surface area contributed by atoms with Crippen LogP contribution in [0, 0.1) is 19.3 Å². The molecule has 136 valence electrons. The Morgan fingerprint density at radius 1 is 1.46 bits per heavy atom. The number of carbonyl (C=O) groups is 1. The van der Waals surface area contributed by atoms with Gasteiger partial charge in [-0.2, -0.15) is 0 Å². The number of hydrogen-bond donors (Lipinski definition) is 1. The third-order valence-corrected chi connectivity index (χ3v) is 3.98. The molecule has 7 nitrogen and oxygen atoms in total. The molecule has 0 atom stereocenters. The van der Waals surface area contributed by atoms with Crippen LogP contribution in [-0.4, -0.2) is 34.5 Å². The van der Waals surface area contributed by atoms with Crippen molar-refractivity contribution in [3.05, 3.63) is 33.5 Å². The van der Waals surface area contributed by atoms with E-state index in [0.717, 1.165) is 11.8 Å². The summed E-state index contributed by atoms with van der Waals surface area (Å²) in [5.74, 6) is 2.22. The summed E-state index contributed by atoms with van der Waals surface area (Å²) in [5, 5.41) is 17.2. The van der Waals surface area contributed by atoms with Gasteiger partial charge in [-0.25, -0.2) is 4.79 Å². The summed E-state index contributed by atoms with van der Waals surface area (Å²) in [6.45, 7) is 3.82. The topological polar surface area (TPSA) is 94.7 Å². The Morgan fingerprint density at radius 3 is 2.81 bits per heavy atom. The van der Waals surface area contributed by atoms with Crippen molar-refractivity contribution in [1.82, 2.24) is 10.2 Å². The zero-order chi connectivity index (χ0) is 19.1. The minimum Gasteiger partial charge on any atom is -0.490 e. The molecule has 0 aliphatic heterocycles. The van der Waals surface area contributed by atoms with Crippen molar-refractivity contribution < 1.29 is 23.8 Å². The lowest BCUT2D eigenvalue weighted by Crippen LogP contribution is -2.01. The summed E-state index contributed by atoms with van der Waals surface area (Å²) in [6.07, 6.45) is 6.62. The summed E-state index contributed by atoms with van der Waals surface area (Å²) < 4.78 is 16.1. The Balaban J connectivity index is 2.39. The number of terminal acetylenes is 1. The van der Waals surface area contributed by atoms with Crippen molar-refractivity contribution in [3.63, 3.8) is 0 Å². The van der Waals surface area contributed by atoms with Crippen molar-refractivity contribution in [2.24, 2.45) is 0 Å². The Kier molecular flexibility index (Phi) is 6.95. The molecule has 1 heterocycles. The Labute approximate surface area is 159 Å². The summed E-state index contributed by atoms with van der Waals surface area (Å²) in [4.78, 5) is 11.5. The molecule has 2 aromatic rings. The maximum Gasteiger partial charge on any atom is 0.342 e. The number of thioether (sulfide) groups is 1. The number of aliphatic carboxylic acids is 1. The van der Waals surface area contributed by atoms with Crippen LogP contribution in [0.25, 0.3) is 6.08 Å². The molecule has 0 bridgehead atoms. The Hall–Kier alpha value is -2.63.